The molecule has 0 spiro atoms. The van der Waals surface area contributed by atoms with E-state index < -0.39 is 0 Å². The topological polar surface area (TPSA) is 21.3 Å². The maximum absolute atomic E-state index is 5.72. The average Bonchev–Trinajstić information content (AvgIpc) is 2.75. The van der Waals surface area contributed by atoms with Crippen LogP contribution in [0.25, 0.3) is 0 Å². The van der Waals surface area contributed by atoms with Crippen molar-refractivity contribution < 1.29 is 4.74 Å². The molecule has 1 aromatic rings. The van der Waals surface area contributed by atoms with Gasteiger partial charge in [0.15, 0.2) is 0 Å². The number of nitrogens with one attached hydrogen (secondary N) is 1. The molecule has 72 valence electrons. The third-order valence-corrected chi connectivity index (χ3v) is 3.23. The number of rotatable bonds is 4. The lowest BCUT2D eigenvalue weighted by molar-refractivity contribution is 0.0698. The van der Waals surface area contributed by atoms with E-state index in [0.29, 0.717) is 6.10 Å². The lowest BCUT2D eigenvalue weighted by atomic mass is 10.3. The van der Waals surface area contributed by atoms with Gasteiger partial charge < -0.3 is 10.1 Å². The Bertz CT molecular complexity index is 229. The van der Waals surface area contributed by atoms with Crippen molar-refractivity contribution >= 4 is 11.3 Å². The average molecular weight is 197 g/mol. The van der Waals surface area contributed by atoms with Gasteiger partial charge in [-0.1, -0.05) is 6.07 Å². The highest BCUT2D eigenvalue weighted by Gasteiger charge is 2.13. The molecule has 1 N–H and O–H groups in total. The fraction of sp³-hybridized carbons (Fsp3) is 0.600. The normalized spacial score (nSPS) is 22.3. The summed E-state index contributed by atoms with van der Waals surface area (Å²) in [6.45, 7) is 3.01. The van der Waals surface area contributed by atoms with Crippen LogP contribution in [0, 0.1) is 0 Å². The molecule has 0 radical (unpaired) electrons. The van der Waals surface area contributed by atoms with E-state index in [1.807, 2.05) is 11.3 Å². The van der Waals surface area contributed by atoms with Gasteiger partial charge in [-0.15, -0.1) is 11.3 Å². The minimum atomic E-state index is 0.458. The number of hydrogen-bond donors (Lipinski definition) is 1. The van der Waals surface area contributed by atoms with E-state index in [-0.39, 0.29) is 0 Å². The Morgan fingerprint density at radius 2 is 2.62 bits per heavy atom. The van der Waals surface area contributed by atoms with Crippen LogP contribution in [-0.2, 0) is 11.2 Å². The first-order valence-corrected chi connectivity index (χ1v) is 5.68. The predicted molar refractivity (Wildman–Crippen MR) is 55.2 cm³/mol. The molecule has 2 rings (SSSR count). The lowest BCUT2D eigenvalue weighted by Crippen LogP contribution is -2.17. The van der Waals surface area contributed by atoms with Gasteiger partial charge in [-0.05, 0) is 24.4 Å². The third kappa shape index (κ3) is 2.79. The Morgan fingerprint density at radius 1 is 1.62 bits per heavy atom. The summed E-state index contributed by atoms with van der Waals surface area (Å²) in [5.41, 5.74) is 0. The molecule has 1 aliphatic rings. The van der Waals surface area contributed by atoms with Gasteiger partial charge in [-0.3, -0.25) is 0 Å². The molecular weight excluding hydrogens is 182 g/mol. The summed E-state index contributed by atoms with van der Waals surface area (Å²) >= 11 is 1.81. The summed E-state index contributed by atoms with van der Waals surface area (Å²) in [7, 11) is 0. The molecule has 1 saturated heterocycles. The molecule has 0 aromatic carbocycles. The quantitative estimate of drug-likeness (QED) is 0.792. The van der Waals surface area contributed by atoms with Crippen LogP contribution in [0.1, 0.15) is 11.3 Å². The van der Waals surface area contributed by atoms with Crippen molar-refractivity contribution in [2.24, 2.45) is 0 Å². The number of thiophene rings is 1. The van der Waals surface area contributed by atoms with Gasteiger partial charge in [0.25, 0.3) is 0 Å². The van der Waals surface area contributed by atoms with E-state index in [9.17, 15) is 0 Å². The van der Waals surface area contributed by atoms with Crippen LogP contribution >= 0.6 is 11.3 Å². The van der Waals surface area contributed by atoms with Crippen molar-refractivity contribution in [2.75, 3.05) is 19.7 Å². The Labute approximate surface area is 82.9 Å². The van der Waals surface area contributed by atoms with Crippen LogP contribution in [0.2, 0.25) is 0 Å². The minimum Gasteiger partial charge on any atom is -0.376 e. The number of hydrogen-bond acceptors (Lipinski definition) is 3. The molecule has 3 heteroatoms. The molecule has 1 aromatic heterocycles. The van der Waals surface area contributed by atoms with Crippen molar-refractivity contribution in [2.45, 2.75) is 18.9 Å². The van der Waals surface area contributed by atoms with E-state index in [2.05, 4.69) is 22.8 Å². The maximum atomic E-state index is 5.72. The highest BCUT2D eigenvalue weighted by molar-refractivity contribution is 7.09. The number of ether oxygens (including phenoxy) is 1. The van der Waals surface area contributed by atoms with Crippen LogP contribution in [-0.4, -0.2) is 25.8 Å². The summed E-state index contributed by atoms with van der Waals surface area (Å²) in [4.78, 5) is 1.42. The van der Waals surface area contributed by atoms with Crippen LogP contribution in [0.5, 0.6) is 0 Å². The first-order valence-electron chi connectivity index (χ1n) is 4.80. The van der Waals surface area contributed by atoms with Gasteiger partial charge in [-0.25, -0.2) is 0 Å². The van der Waals surface area contributed by atoms with Crippen LogP contribution in [0.4, 0.5) is 0 Å². The van der Waals surface area contributed by atoms with E-state index in [0.717, 1.165) is 26.1 Å². The van der Waals surface area contributed by atoms with Crippen molar-refractivity contribution in [1.29, 1.82) is 0 Å². The molecule has 1 fully saturated rings. The summed E-state index contributed by atoms with van der Waals surface area (Å²) in [6.07, 6.45) is 2.69. The molecule has 2 heterocycles. The zero-order valence-corrected chi connectivity index (χ0v) is 8.48. The van der Waals surface area contributed by atoms with Crippen LogP contribution < -0.4 is 5.32 Å². The van der Waals surface area contributed by atoms with Gasteiger partial charge in [0, 0.05) is 17.8 Å². The van der Waals surface area contributed by atoms with Crippen molar-refractivity contribution in [3.8, 4) is 0 Å². The van der Waals surface area contributed by atoms with Gasteiger partial charge in [0.1, 0.15) is 0 Å². The first-order chi connectivity index (χ1) is 6.45. The predicted octanol–water partition coefficient (Wildman–Crippen LogP) is 1.67. The molecule has 1 atom stereocenters. The van der Waals surface area contributed by atoms with E-state index in [1.165, 1.54) is 11.3 Å². The molecule has 1 aliphatic heterocycles. The monoisotopic (exact) mass is 197 g/mol. The van der Waals surface area contributed by atoms with Crippen molar-refractivity contribution in [3.05, 3.63) is 22.4 Å². The van der Waals surface area contributed by atoms with E-state index >= 15 is 0 Å². The molecule has 2 nitrogen and oxygen atoms in total. The largest absolute Gasteiger partial charge is 0.376 e. The van der Waals surface area contributed by atoms with E-state index in [1.54, 1.807) is 0 Å². The van der Waals surface area contributed by atoms with Crippen molar-refractivity contribution in [1.82, 2.24) is 5.32 Å². The van der Waals surface area contributed by atoms with Crippen molar-refractivity contribution in [3.63, 3.8) is 0 Å². The summed E-state index contributed by atoms with van der Waals surface area (Å²) < 4.78 is 5.72. The zero-order valence-electron chi connectivity index (χ0n) is 7.66. The zero-order chi connectivity index (χ0) is 8.93. The summed E-state index contributed by atoms with van der Waals surface area (Å²) in [6, 6.07) is 4.26. The van der Waals surface area contributed by atoms with Crippen LogP contribution in [0.3, 0.4) is 0 Å². The maximum Gasteiger partial charge on any atom is 0.0711 e. The molecular formula is C10H15NOS. The summed E-state index contributed by atoms with van der Waals surface area (Å²) in [5.74, 6) is 0. The lowest BCUT2D eigenvalue weighted by Gasteiger charge is -2.08. The Morgan fingerprint density at radius 3 is 3.31 bits per heavy atom. The molecule has 0 saturated carbocycles. The van der Waals surface area contributed by atoms with E-state index in [4.69, 9.17) is 4.74 Å². The standard InChI is InChI=1S/C10H15NOS/c1-2-10(13-7-1)4-6-12-9-3-5-11-8-9/h1-2,7,9,11H,3-6,8H2/t9-/m0/s1. The third-order valence-electron chi connectivity index (χ3n) is 2.30. The molecule has 0 bridgehead atoms. The SMILES string of the molecule is c1csc(CCO[C@H]2CCNC2)c1. The highest BCUT2D eigenvalue weighted by atomic mass is 32.1. The van der Waals surface area contributed by atoms with Gasteiger partial charge >= 0.3 is 0 Å². The second kappa shape index (κ2) is 4.74. The summed E-state index contributed by atoms with van der Waals surface area (Å²) in [5, 5.41) is 5.41. The molecule has 0 amide bonds. The molecule has 0 aliphatic carbocycles. The van der Waals surface area contributed by atoms with Crippen LogP contribution in [0.15, 0.2) is 17.5 Å². The fourth-order valence-electron chi connectivity index (χ4n) is 1.55. The second-order valence-corrected chi connectivity index (χ2v) is 4.35. The molecule has 0 unspecified atom stereocenters. The Hall–Kier alpha value is -0.380. The van der Waals surface area contributed by atoms with Gasteiger partial charge in [0.2, 0.25) is 0 Å². The minimum absolute atomic E-state index is 0.458. The van der Waals surface area contributed by atoms with Gasteiger partial charge in [-0.2, -0.15) is 0 Å². The first kappa shape index (κ1) is 9.19. The molecule has 13 heavy (non-hydrogen) atoms. The van der Waals surface area contributed by atoms with Gasteiger partial charge in [0.05, 0.1) is 12.7 Å². The Balaban J connectivity index is 1.63. The second-order valence-electron chi connectivity index (χ2n) is 3.31. The fourth-order valence-corrected chi connectivity index (χ4v) is 2.24. The smallest absolute Gasteiger partial charge is 0.0711 e. The Kier molecular flexibility index (Phi) is 3.35. The highest BCUT2D eigenvalue weighted by Crippen LogP contribution is 2.10.